The van der Waals surface area contributed by atoms with Crippen LogP contribution < -0.4 is 5.32 Å². The predicted octanol–water partition coefficient (Wildman–Crippen LogP) is 2.58. The third-order valence-corrected chi connectivity index (χ3v) is 5.65. The van der Waals surface area contributed by atoms with Gasteiger partial charge in [0.2, 0.25) is 11.9 Å². The molecule has 0 bridgehead atoms. The smallest absolute Gasteiger partial charge is 0.246 e. The van der Waals surface area contributed by atoms with Gasteiger partial charge in [0.1, 0.15) is 0 Å². The normalized spacial score (nSPS) is 34.8. The van der Waals surface area contributed by atoms with Crippen LogP contribution in [0.1, 0.15) is 65.2 Å². The summed E-state index contributed by atoms with van der Waals surface area (Å²) < 4.78 is 0. The van der Waals surface area contributed by atoms with Crippen LogP contribution in [0.4, 0.5) is 0 Å². The number of nitrogens with zero attached hydrogens (tertiary/aromatic N) is 3. The van der Waals surface area contributed by atoms with Crippen LogP contribution in [0.2, 0.25) is 0 Å². The highest BCUT2D eigenvalue weighted by atomic mass is 16.2. The molecule has 0 aromatic carbocycles. The van der Waals surface area contributed by atoms with Crippen LogP contribution in [-0.2, 0) is 4.79 Å². The predicted molar refractivity (Wildman–Crippen MR) is 85.1 cm³/mol. The quantitative estimate of drug-likeness (QED) is 0.747. The Balaban J connectivity index is 1.97. The number of amides is 1. The summed E-state index contributed by atoms with van der Waals surface area (Å²) in [5, 5.41) is 12.4. The minimum atomic E-state index is -0.632. The molecule has 2 aliphatic heterocycles. The SMILES string of the molecule is CC1CCCC(C)N1C1=NC2(CCCCC2)C(C#N)C(=O)N1. The lowest BCUT2D eigenvalue weighted by atomic mass is 9.72. The molecule has 1 aliphatic carbocycles. The average molecular weight is 302 g/mol. The second-order valence-corrected chi connectivity index (χ2v) is 7.19. The molecule has 0 aromatic rings. The van der Waals surface area contributed by atoms with Gasteiger partial charge in [-0.2, -0.15) is 5.26 Å². The Morgan fingerprint density at radius 2 is 1.82 bits per heavy atom. The van der Waals surface area contributed by atoms with E-state index in [0.29, 0.717) is 12.1 Å². The summed E-state index contributed by atoms with van der Waals surface area (Å²) in [7, 11) is 0. The summed E-state index contributed by atoms with van der Waals surface area (Å²) in [6.07, 6.45) is 8.52. The molecule has 3 aliphatic rings. The van der Waals surface area contributed by atoms with Gasteiger partial charge in [-0.25, -0.2) is 4.99 Å². The van der Waals surface area contributed by atoms with Crippen LogP contribution in [0, 0.1) is 17.2 Å². The minimum Gasteiger partial charge on any atom is -0.337 e. The fraction of sp³-hybridized carbons (Fsp3) is 0.824. The fourth-order valence-corrected chi connectivity index (χ4v) is 4.43. The largest absolute Gasteiger partial charge is 0.337 e. The van der Waals surface area contributed by atoms with Gasteiger partial charge in [-0.15, -0.1) is 0 Å². The van der Waals surface area contributed by atoms with Gasteiger partial charge in [-0.05, 0) is 46.0 Å². The molecule has 3 rings (SSSR count). The summed E-state index contributed by atoms with van der Waals surface area (Å²) >= 11 is 0. The van der Waals surface area contributed by atoms with E-state index in [1.165, 1.54) is 12.8 Å². The van der Waals surface area contributed by atoms with E-state index >= 15 is 0 Å². The van der Waals surface area contributed by atoms with Gasteiger partial charge in [0.05, 0.1) is 11.6 Å². The Labute approximate surface area is 132 Å². The van der Waals surface area contributed by atoms with Crippen LogP contribution in [0.3, 0.4) is 0 Å². The van der Waals surface area contributed by atoms with Gasteiger partial charge >= 0.3 is 0 Å². The monoisotopic (exact) mass is 302 g/mol. The zero-order chi connectivity index (χ0) is 15.7. The van der Waals surface area contributed by atoms with Crippen molar-refractivity contribution < 1.29 is 4.79 Å². The van der Waals surface area contributed by atoms with Crippen molar-refractivity contribution in [1.82, 2.24) is 10.2 Å². The molecule has 1 N–H and O–H groups in total. The Bertz CT molecular complexity index is 505. The number of hydrogen-bond donors (Lipinski definition) is 1. The second-order valence-electron chi connectivity index (χ2n) is 7.19. The number of piperidine rings is 1. The highest BCUT2D eigenvalue weighted by molar-refractivity contribution is 6.02. The molecule has 22 heavy (non-hydrogen) atoms. The van der Waals surface area contributed by atoms with Crippen molar-refractivity contribution in [2.75, 3.05) is 0 Å². The summed E-state index contributed by atoms with van der Waals surface area (Å²) in [6.45, 7) is 4.41. The molecule has 2 fully saturated rings. The van der Waals surface area contributed by atoms with Gasteiger partial charge in [0, 0.05) is 12.1 Å². The molecule has 5 nitrogen and oxygen atoms in total. The number of carbonyl (C=O) groups is 1. The van der Waals surface area contributed by atoms with Crippen molar-refractivity contribution in [2.45, 2.75) is 82.8 Å². The number of hydrogen-bond acceptors (Lipinski definition) is 4. The third kappa shape index (κ3) is 2.49. The Morgan fingerprint density at radius 3 is 2.41 bits per heavy atom. The molecule has 0 aromatic heterocycles. The molecule has 3 unspecified atom stereocenters. The lowest BCUT2D eigenvalue weighted by Gasteiger charge is -2.46. The molecule has 1 amide bonds. The van der Waals surface area contributed by atoms with Gasteiger partial charge in [0.25, 0.3) is 0 Å². The maximum Gasteiger partial charge on any atom is 0.246 e. The van der Waals surface area contributed by atoms with Crippen LogP contribution in [0.15, 0.2) is 4.99 Å². The van der Waals surface area contributed by atoms with E-state index in [1.807, 2.05) is 0 Å². The summed E-state index contributed by atoms with van der Waals surface area (Å²) in [6, 6.07) is 3.00. The van der Waals surface area contributed by atoms with E-state index in [-0.39, 0.29) is 5.91 Å². The molecule has 1 saturated heterocycles. The maximum absolute atomic E-state index is 12.5. The molecule has 3 atom stereocenters. The fourth-order valence-electron chi connectivity index (χ4n) is 4.43. The van der Waals surface area contributed by atoms with E-state index in [9.17, 15) is 10.1 Å². The number of nitrogens with one attached hydrogen (secondary N) is 1. The summed E-state index contributed by atoms with van der Waals surface area (Å²) in [5.74, 6) is -0.0653. The van der Waals surface area contributed by atoms with Gasteiger partial charge in [-0.3, -0.25) is 10.1 Å². The van der Waals surface area contributed by atoms with Crippen molar-refractivity contribution in [3.63, 3.8) is 0 Å². The average Bonchev–Trinajstić information content (AvgIpc) is 2.47. The van der Waals surface area contributed by atoms with Crippen LogP contribution >= 0.6 is 0 Å². The second kappa shape index (κ2) is 5.91. The van der Waals surface area contributed by atoms with Crippen molar-refractivity contribution in [1.29, 1.82) is 5.26 Å². The topological polar surface area (TPSA) is 68.5 Å². The summed E-state index contributed by atoms with van der Waals surface area (Å²) in [5.41, 5.74) is -0.485. The number of rotatable bonds is 0. The first kappa shape index (κ1) is 15.3. The van der Waals surface area contributed by atoms with Crippen molar-refractivity contribution in [3.05, 3.63) is 0 Å². The Kier molecular flexibility index (Phi) is 4.12. The first-order valence-electron chi connectivity index (χ1n) is 8.66. The lowest BCUT2D eigenvalue weighted by molar-refractivity contribution is -0.125. The van der Waals surface area contributed by atoms with E-state index in [0.717, 1.165) is 44.5 Å². The molecule has 0 radical (unpaired) electrons. The standard InChI is InChI=1S/C17H26N4O/c1-12-7-6-8-13(2)21(12)16-19-15(22)14(11-18)17(20-16)9-4-3-5-10-17/h12-14H,3-10H2,1-2H3,(H,19,20,22). The number of aliphatic imine (C=N–C) groups is 1. The highest BCUT2D eigenvalue weighted by Gasteiger charge is 2.48. The minimum absolute atomic E-state index is 0.153. The molecule has 1 spiro atoms. The van der Waals surface area contributed by atoms with Gasteiger partial charge < -0.3 is 4.90 Å². The number of nitriles is 1. The van der Waals surface area contributed by atoms with Crippen LogP contribution in [-0.4, -0.2) is 34.4 Å². The number of likely N-dealkylation sites (tertiary alicyclic amines) is 1. The van der Waals surface area contributed by atoms with E-state index in [4.69, 9.17) is 4.99 Å². The van der Waals surface area contributed by atoms with Gasteiger partial charge in [-0.1, -0.05) is 19.3 Å². The highest BCUT2D eigenvalue weighted by Crippen LogP contribution is 2.40. The third-order valence-electron chi connectivity index (χ3n) is 5.65. The van der Waals surface area contributed by atoms with Gasteiger partial charge in [0.15, 0.2) is 5.92 Å². The zero-order valence-corrected chi connectivity index (χ0v) is 13.6. The Morgan fingerprint density at radius 1 is 1.18 bits per heavy atom. The van der Waals surface area contributed by atoms with E-state index < -0.39 is 11.5 Å². The number of carbonyl (C=O) groups excluding carboxylic acids is 1. The molecule has 5 heteroatoms. The van der Waals surface area contributed by atoms with Crippen LogP contribution in [0.5, 0.6) is 0 Å². The molecule has 2 heterocycles. The van der Waals surface area contributed by atoms with Crippen molar-refractivity contribution in [2.24, 2.45) is 10.9 Å². The molecule has 1 saturated carbocycles. The zero-order valence-electron chi connectivity index (χ0n) is 13.6. The molecular formula is C17H26N4O. The summed E-state index contributed by atoms with van der Waals surface area (Å²) in [4.78, 5) is 19.8. The Hall–Kier alpha value is -1.57. The van der Waals surface area contributed by atoms with E-state index in [2.05, 4.69) is 30.1 Å². The molecule has 120 valence electrons. The van der Waals surface area contributed by atoms with Crippen molar-refractivity contribution in [3.8, 4) is 6.07 Å². The van der Waals surface area contributed by atoms with Crippen LogP contribution in [0.25, 0.3) is 0 Å². The molecular weight excluding hydrogens is 276 g/mol. The number of guanidine groups is 1. The first-order valence-corrected chi connectivity index (χ1v) is 8.66. The first-order chi connectivity index (χ1) is 10.6. The van der Waals surface area contributed by atoms with E-state index in [1.54, 1.807) is 0 Å². The maximum atomic E-state index is 12.5. The van der Waals surface area contributed by atoms with Crippen molar-refractivity contribution >= 4 is 11.9 Å². The lowest BCUT2D eigenvalue weighted by Crippen LogP contribution is -2.61.